The highest BCUT2D eigenvalue weighted by atomic mass is 16.2. The summed E-state index contributed by atoms with van der Waals surface area (Å²) in [5.41, 5.74) is 0. The number of aromatic nitrogens is 3. The number of rotatable bonds is 5. The zero-order valence-electron chi connectivity index (χ0n) is 11.2. The van der Waals surface area contributed by atoms with E-state index in [-0.39, 0.29) is 11.9 Å². The average Bonchev–Trinajstić information content (AvgIpc) is 2.73. The third kappa shape index (κ3) is 3.26. The Kier molecular flexibility index (Phi) is 4.62. The van der Waals surface area contributed by atoms with Crippen LogP contribution in [-0.4, -0.2) is 57.7 Å². The van der Waals surface area contributed by atoms with Crippen LogP contribution in [-0.2, 0) is 17.9 Å². The fraction of sp³-hybridized carbons (Fsp3) is 0.727. The van der Waals surface area contributed by atoms with Gasteiger partial charge in [-0.1, -0.05) is 0 Å². The number of aryl methyl sites for hydroxylation is 1. The molecule has 0 saturated heterocycles. The van der Waals surface area contributed by atoms with Crippen LogP contribution in [0.25, 0.3) is 0 Å². The molecule has 0 spiro atoms. The summed E-state index contributed by atoms with van der Waals surface area (Å²) in [4.78, 5) is 15.4. The SMILES string of the molecule is CCn1cnnc1CN(C)C(C)C(=O)N(C)C. The minimum absolute atomic E-state index is 0.0927. The van der Waals surface area contributed by atoms with Crippen LogP contribution in [0.15, 0.2) is 6.33 Å². The van der Waals surface area contributed by atoms with Crippen molar-refractivity contribution in [2.45, 2.75) is 33.0 Å². The van der Waals surface area contributed by atoms with Gasteiger partial charge in [-0.05, 0) is 20.9 Å². The van der Waals surface area contributed by atoms with E-state index in [4.69, 9.17) is 0 Å². The first-order valence-corrected chi connectivity index (χ1v) is 5.75. The largest absolute Gasteiger partial charge is 0.347 e. The van der Waals surface area contributed by atoms with E-state index in [0.29, 0.717) is 6.54 Å². The predicted molar refractivity (Wildman–Crippen MR) is 65.3 cm³/mol. The van der Waals surface area contributed by atoms with Gasteiger partial charge in [0.05, 0.1) is 12.6 Å². The summed E-state index contributed by atoms with van der Waals surface area (Å²) < 4.78 is 1.98. The van der Waals surface area contributed by atoms with Gasteiger partial charge in [0, 0.05) is 20.6 Å². The molecule has 0 aromatic carbocycles. The molecule has 0 fully saturated rings. The fourth-order valence-corrected chi connectivity index (χ4v) is 1.59. The van der Waals surface area contributed by atoms with Crippen molar-refractivity contribution in [3.8, 4) is 0 Å². The number of likely N-dealkylation sites (N-methyl/N-ethyl adjacent to an activating group) is 2. The van der Waals surface area contributed by atoms with Crippen molar-refractivity contribution in [1.82, 2.24) is 24.6 Å². The highest BCUT2D eigenvalue weighted by molar-refractivity contribution is 5.80. The number of amides is 1. The number of hydrogen-bond acceptors (Lipinski definition) is 4. The monoisotopic (exact) mass is 239 g/mol. The smallest absolute Gasteiger partial charge is 0.239 e. The molecule has 0 saturated carbocycles. The van der Waals surface area contributed by atoms with Crippen molar-refractivity contribution >= 4 is 5.91 Å². The van der Waals surface area contributed by atoms with E-state index in [1.165, 1.54) is 0 Å². The van der Waals surface area contributed by atoms with Gasteiger partial charge in [0.1, 0.15) is 12.2 Å². The number of carbonyl (C=O) groups is 1. The van der Waals surface area contributed by atoms with Crippen LogP contribution in [0, 0.1) is 0 Å². The van der Waals surface area contributed by atoms with Gasteiger partial charge >= 0.3 is 0 Å². The van der Waals surface area contributed by atoms with Crippen molar-refractivity contribution < 1.29 is 4.79 Å². The maximum absolute atomic E-state index is 11.8. The first kappa shape index (κ1) is 13.6. The topological polar surface area (TPSA) is 54.3 Å². The Balaban J connectivity index is 2.66. The van der Waals surface area contributed by atoms with Gasteiger partial charge in [-0.25, -0.2) is 0 Å². The van der Waals surface area contributed by atoms with Crippen molar-refractivity contribution in [2.75, 3.05) is 21.1 Å². The molecule has 17 heavy (non-hydrogen) atoms. The van der Waals surface area contributed by atoms with Crippen LogP contribution in [0.2, 0.25) is 0 Å². The lowest BCUT2D eigenvalue weighted by Crippen LogP contribution is -2.42. The molecule has 0 bridgehead atoms. The Hall–Kier alpha value is -1.43. The van der Waals surface area contributed by atoms with Gasteiger partial charge in [-0.3, -0.25) is 9.69 Å². The van der Waals surface area contributed by atoms with Gasteiger partial charge < -0.3 is 9.47 Å². The van der Waals surface area contributed by atoms with Crippen LogP contribution in [0.1, 0.15) is 19.7 Å². The van der Waals surface area contributed by atoms with E-state index in [9.17, 15) is 4.79 Å². The molecular weight excluding hydrogens is 218 g/mol. The van der Waals surface area contributed by atoms with Crippen molar-refractivity contribution in [3.05, 3.63) is 12.2 Å². The molecule has 0 aliphatic heterocycles. The van der Waals surface area contributed by atoms with Gasteiger partial charge in [0.25, 0.3) is 0 Å². The molecule has 1 aromatic heterocycles. The van der Waals surface area contributed by atoms with E-state index >= 15 is 0 Å². The summed E-state index contributed by atoms with van der Waals surface area (Å²) in [6.07, 6.45) is 1.71. The molecule has 1 unspecified atom stereocenters. The van der Waals surface area contributed by atoms with Crippen LogP contribution < -0.4 is 0 Å². The molecular formula is C11H21N5O. The summed E-state index contributed by atoms with van der Waals surface area (Å²) in [5, 5.41) is 7.94. The zero-order chi connectivity index (χ0) is 13.0. The second kappa shape index (κ2) is 5.77. The lowest BCUT2D eigenvalue weighted by molar-refractivity contribution is -0.133. The summed E-state index contributed by atoms with van der Waals surface area (Å²) >= 11 is 0. The quantitative estimate of drug-likeness (QED) is 0.737. The Morgan fingerprint density at radius 2 is 2.12 bits per heavy atom. The molecule has 1 heterocycles. The molecule has 0 radical (unpaired) electrons. The van der Waals surface area contributed by atoms with E-state index in [1.54, 1.807) is 25.3 Å². The lowest BCUT2D eigenvalue weighted by Gasteiger charge is -2.25. The third-order valence-corrected chi connectivity index (χ3v) is 2.89. The summed E-state index contributed by atoms with van der Waals surface area (Å²) in [6, 6.07) is -0.160. The van der Waals surface area contributed by atoms with Crippen LogP contribution in [0.3, 0.4) is 0 Å². The highest BCUT2D eigenvalue weighted by Crippen LogP contribution is 2.05. The van der Waals surface area contributed by atoms with E-state index in [1.807, 2.05) is 30.4 Å². The molecule has 0 N–H and O–H groups in total. The van der Waals surface area contributed by atoms with Crippen LogP contribution >= 0.6 is 0 Å². The summed E-state index contributed by atoms with van der Waals surface area (Å²) in [6.45, 7) is 5.40. The summed E-state index contributed by atoms with van der Waals surface area (Å²) in [5.74, 6) is 0.975. The van der Waals surface area contributed by atoms with E-state index < -0.39 is 0 Å². The predicted octanol–water partition coefficient (Wildman–Crippen LogP) is 0.207. The second-order valence-corrected chi connectivity index (χ2v) is 4.36. The van der Waals surface area contributed by atoms with E-state index in [0.717, 1.165) is 12.4 Å². The van der Waals surface area contributed by atoms with E-state index in [2.05, 4.69) is 10.2 Å². The standard InChI is InChI=1S/C11H21N5O/c1-6-16-8-12-13-10(16)7-15(5)9(2)11(17)14(3)4/h8-9H,6-7H2,1-5H3. The van der Waals surface area contributed by atoms with Crippen LogP contribution in [0.4, 0.5) is 0 Å². The molecule has 6 nitrogen and oxygen atoms in total. The molecule has 96 valence electrons. The number of hydrogen-bond donors (Lipinski definition) is 0. The van der Waals surface area contributed by atoms with Crippen molar-refractivity contribution in [2.24, 2.45) is 0 Å². The minimum atomic E-state index is -0.160. The Bertz CT molecular complexity index is 374. The van der Waals surface area contributed by atoms with Gasteiger partial charge in [0.2, 0.25) is 5.91 Å². The lowest BCUT2D eigenvalue weighted by atomic mass is 10.2. The van der Waals surface area contributed by atoms with Crippen molar-refractivity contribution in [1.29, 1.82) is 0 Å². The molecule has 0 aliphatic rings. The van der Waals surface area contributed by atoms with Crippen molar-refractivity contribution in [3.63, 3.8) is 0 Å². The summed E-state index contributed by atoms with van der Waals surface area (Å²) in [7, 11) is 5.45. The molecule has 1 atom stereocenters. The first-order chi connectivity index (χ1) is 7.97. The number of nitrogens with zero attached hydrogens (tertiary/aromatic N) is 5. The molecule has 1 rings (SSSR count). The second-order valence-electron chi connectivity index (χ2n) is 4.36. The Morgan fingerprint density at radius 3 is 2.65 bits per heavy atom. The van der Waals surface area contributed by atoms with Gasteiger partial charge in [-0.2, -0.15) is 0 Å². The molecule has 1 amide bonds. The van der Waals surface area contributed by atoms with Gasteiger partial charge in [-0.15, -0.1) is 10.2 Å². The third-order valence-electron chi connectivity index (χ3n) is 2.89. The zero-order valence-corrected chi connectivity index (χ0v) is 11.2. The fourth-order valence-electron chi connectivity index (χ4n) is 1.59. The maximum atomic E-state index is 11.8. The maximum Gasteiger partial charge on any atom is 0.239 e. The normalized spacial score (nSPS) is 12.8. The molecule has 6 heteroatoms. The minimum Gasteiger partial charge on any atom is -0.347 e. The van der Waals surface area contributed by atoms with Crippen LogP contribution in [0.5, 0.6) is 0 Å². The average molecular weight is 239 g/mol. The Morgan fingerprint density at radius 1 is 1.47 bits per heavy atom. The first-order valence-electron chi connectivity index (χ1n) is 5.75. The molecule has 1 aromatic rings. The van der Waals surface area contributed by atoms with Gasteiger partial charge in [0.15, 0.2) is 0 Å². The highest BCUT2D eigenvalue weighted by Gasteiger charge is 2.20. The Labute approximate surface area is 102 Å². The molecule has 0 aliphatic carbocycles. The number of carbonyl (C=O) groups excluding carboxylic acids is 1.